The van der Waals surface area contributed by atoms with Gasteiger partial charge in [0.15, 0.2) is 5.82 Å². The molecular weight excluding hydrogens is 380 g/mol. The monoisotopic (exact) mass is 410 g/mol. The summed E-state index contributed by atoms with van der Waals surface area (Å²) in [5, 5.41) is 10.4. The van der Waals surface area contributed by atoms with Crippen molar-refractivity contribution in [2.24, 2.45) is 0 Å². The van der Waals surface area contributed by atoms with Gasteiger partial charge in [-0.15, -0.1) is 0 Å². The van der Waals surface area contributed by atoms with Gasteiger partial charge in [0.05, 0.1) is 12.6 Å². The van der Waals surface area contributed by atoms with Crippen LogP contribution in [0.25, 0.3) is 11.4 Å². The van der Waals surface area contributed by atoms with Crippen LogP contribution in [0.5, 0.6) is 0 Å². The average molecular weight is 411 g/mol. The van der Waals surface area contributed by atoms with Crippen molar-refractivity contribution in [2.75, 3.05) is 26.2 Å². The van der Waals surface area contributed by atoms with Gasteiger partial charge in [0.25, 0.3) is 0 Å². The molecule has 0 radical (unpaired) electrons. The summed E-state index contributed by atoms with van der Waals surface area (Å²) in [4.78, 5) is 33.6. The number of nitrogens with zero attached hydrogens (tertiary/aromatic N) is 4. The van der Waals surface area contributed by atoms with Crippen molar-refractivity contribution in [3.05, 3.63) is 36.2 Å². The van der Waals surface area contributed by atoms with Crippen LogP contribution < -0.4 is 5.32 Å². The third kappa shape index (κ3) is 4.87. The number of benzene rings is 1. The number of amides is 2. The molecule has 8 heteroatoms. The molecule has 160 valence electrons. The van der Waals surface area contributed by atoms with E-state index < -0.39 is 0 Å². The summed E-state index contributed by atoms with van der Waals surface area (Å²) in [6.45, 7) is 4.37. The second kappa shape index (κ2) is 9.38. The van der Waals surface area contributed by atoms with Gasteiger partial charge in [-0.3, -0.25) is 19.6 Å². The molecule has 2 saturated heterocycles. The Hall–Kier alpha value is -2.74. The third-order valence-corrected chi connectivity index (χ3v) is 5.94. The number of H-pyrrole nitrogens is 1. The number of carbonyl (C=O) groups is 2. The normalized spacial score (nSPS) is 22.6. The van der Waals surface area contributed by atoms with E-state index in [1.165, 1.54) is 19.8 Å². The van der Waals surface area contributed by atoms with E-state index in [0.29, 0.717) is 31.2 Å². The first-order valence-electron chi connectivity index (χ1n) is 10.9. The van der Waals surface area contributed by atoms with Crippen LogP contribution in [0, 0.1) is 0 Å². The molecule has 1 aromatic carbocycles. The quantitative estimate of drug-likeness (QED) is 0.788. The van der Waals surface area contributed by atoms with Crippen LogP contribution in [-0.2, 0) is 9.59 Å². The number of aromatic amines is 1. The van der Waals surface area contributed by atoms with E-state index in [2.05, 4.69) is 25.4 Å². The topological polar surface area (TPSA) is 94.2 Å². The van der Waals surface area contributed by atoms with Crippen LogP contribution in [-0.4, -0.2) is 69.0 Å². The Morgan fingerprint density at radius 2 is 1.87 bits per heavy atom. The predicted molar refractivity (Wildman–Crippen MR) is 113 cm³/mol. The lowest BCUT2D eigenvalue weighted by Gasteiger charge is -2.27. The summed E-state index contributed by atoms with van der Waals surface area (Å²) < 4.78 is 0. The number of likely N-dealkylation sites (tertiary alicyclic amines) is 2. The van der Waals surface area contributed by atoms with Crippen LogP contribution in [0.2, 0.25) is 0 Å². The van der Waals surface area contributed by atoms with Gasteiger partial charge in [-0.1, -0.05) is 43.2 Å². The summed E-state index contributed by atoms with van der Waals surface area (Å²) in [5.74, 6) is 1.30. The zero-order chi connectivity index (χ0) is 20.9. The van der Waals surface area contributed by atoms with Gasteiger partial charge in [0, 0.05) is 25.1 Å². The molecule has 2 amide bonds. The molecule has 0 bridgehead atoms. The highest BCUT2D eigenvalue weighted by Crippen LogP contribution is 2.31. The minimum Gasteiger partial charge on any atom is -0.352 e. The fourth-order valence-corrected chi connectivity index (χ4v) is 4.48. The lowest BCUT2D eigenvalue weighted by atomic mass is 10.1. The van der Waals surface area contributed by atoms with E-state index in [4.69, 9.17) is 0 Å². The largest absolute Gasteiger partial charge is 0.352 e. The zero-order valence-electron chi connectivity index (χ0n) is 17.5. The lowest BCUT2D eigenvalue weighted by Crippen LogP contribution is -2.42. The van der Waals surface area contributed by atoms with Crippen LogP contribution >= 0.6 is 0 Å². The van der Waals surface area contributed by atoms with Gasteiger partial charge in [-0.2, -0.15) is 5.10 Å². The average Bonchev–Trinajstić information content (AvgIpc) is 3.30. The van der Waals surface area contributed by atoms with E-state index >= 15 is 0 Å². The number of hydrogen-bond acceptors (Lipinski definition) is 5. The number of hydrogen-bond donors (Lipinski definition) is 2. The van der Waals surface area contributed by atoms with Crippen molar-refractivity contribution >= 4 is 11.8 Å². The number of aromatic nitrogens is 3. The van der Waals surface area contributed by atoms with Gasteiger partial charge < -0.3 is 10.2 Å². The molecule has 8 nitrogen and oxygen atoms in total. The molecule has 0 unspecified atom stereocenters. The summed E-state index contributed by atoms with van der Waals surface area (Å²) in [7, 11) is 0. The van der Waals surface area contributed by atoms with E-state index in [0.717, 1.165) is 31.5 Å². The minimum atomic E-state index is -0.216. The summed E-state index contributed by atoms with van der Waals surface area (Å²) in [6.07, 6.45) is 5.40. The predicted octanol–water partition coefficient (Wildman–Crippen LogP) is 2.13. The molecule has 2 fully saturated rings. The molecule has 2 N–H and O–H groups in total. The van der Waals surface area contributed by atoms with Gasteiger partial charge >= 0.3 is 0 Å². The molecular formula is C22H30N6O2. The molecule has 2 aliphatic heterocycles. The molecule has 2 atom stereocenters. The van der Waals surface area contributed by atoms with Crippen molar-refractivity contribution in [3.8, 4) is 11.4 Å². The Morgan fingerprint density at radius 1 is 1.13 bits per heavy atom. The molecule has 4 rings (SSSR count). The Kier molecular flexibility index (Phi) is 6.42. The van der Waals surface area contributed by atoms with Crippen LogP contribution in [0.4, 0.5) is 0 Å². The van der Waals surface area contributed by atoms with E-state index in [-0.39, 0.29) is 23.9 Å². The van der Waals surface area contributed by atoms with E-state index in [1.54, 1.807) is 0 Å². The molecule has 0 saturated carbocycles. The fraction of sp³-hybridized carbons (Fsp3) is 0.545. The molecule has 3 heterocycles. The maximum atomic E-state index is 13.2. The third-order valence-electron chi connectivity index (χ3n) is 5.94. The molecule has 30 heavy (non-hydrogen) atoms. The molecule has 0 spiro atoms. The number of carbonyl (C=O) groups excluding carboxylic acids is 2. The van der Waals surface area contributed by atoms with Gasteiger partial charge in [0.2, 0.25) is 11.8 Å². The van der Waals surface area contributed by atoms with Crippen LogP contribution in [0.1, 0.15) is 50.9 Å². The van der Waals surface area contributed by atoms with E-state index in [9.17, 15) is 9.59 Å². The summed E-state index contributed by atoms with van der Waals surface area (Å²) in [6, 6.07) is 9.48. The first kappa shape index (κ1) is 20.5. The Balaban J connectivity index is 1.51. The zero-order valence-corrected chi connectivity index (χ0v) is 17.5. The Labute approximate surface area is 177 Å². The molecule has 1 aromatic heterocycles. The maximum Gasteiger partial charge on any atom is 0.237 e. The van der Waals surface area contributed by atoms with Gasteiger partial charge in [0.1, 0.15) is 5.82 Å². The smallest absolute Gasteiger partial charge is 0.237 e. The summed E-state index contributed by atoms with van der Waals surface area (Å²) >= 11 is 0. The first-order valence-corrected chi connectivity index (χ1v) is 10.9. The van der Waals surface area contributed by atoms with Gasteiger partial charge in [-0.05, 0) is 32.4 Å². The van der Waals surface area contributed by atoms with Crippen molar-refractivity contribution in [2.45, 2.75) is 51.1 Å². The van der Waals surface area contributed by atoms with Crippen molar-refractivity contribution < 1.29 is 9.59 Å². The molecule has 0 aliphatic carbocycles. The SMILES string of the molecule is CC(=O)N[C@H]1C[C@@H](c2nc(-c3ccccc3)n[nH]2)N(C(=O)CN2CCCCCC2)C1. The number of rotatable bonds is 5. The standard InChI is InChI=1S/C22H30N6O2/c1-16(29)23-18-13-19(22-24-21(25-26-22)17-9-5-4-6-10-17)28(14-18)20(30)15-27-11-7-2-3-8-12-27/h4-6,9-10,18-19H,2-3,7-8,11-15H2,1H3,(H,23,29)(H,24,25,26)/t18-,19-/m0/s1. The summed E-state index contributed by atoms with van der Waals surface area (Å²) in [5.41, 5.74) is 0.929. The minimum absolute atomic E-state index is 0.0779. The molecule has 2 aliphatic rings. The highest BCUT2D eigenvalue weighted by atomic mass is 16.2. The second-order valence-corrected chi connectivity index (χ2v) is 8.30. The van der Waals surface area contributed by atoms with E-state index in [1.807, 2.05) is 35.2 Å². The molecule has 2 aromatic rings. The highest BCUT2D eigenvalue weighted by molar-refractivity contribution is 5.79. The Bertz CT molecular complexity index is 860. The fourth-order valence-electron chi connectivity index (χ4n) is 4.48. The second-order valence-electron chi connectivity index (χ2n) is 8.30. The van der Waals surface area contributed by atoms with Crippen LogP contribution in [0.15, 0.2) is 30.3 Å². The lowest BCUT2D eigenvalue weighted by molar-refractivity contribution is -0.133. The highest BCUT2D eigenvalue weighted by Gasteiger charge is 2.38. The first-order chi connectivity index (χ1) is 14.6. The number of nitrogens with one attached hydrogen (secondary N) is 2. The van der Waals surface area contributed by atoms with Crippen LogP contribution in [0.3, 0.4) is 0 Å². The van der Waals surface area contributed by atoms with Crippen molar-refractivity contribution in [1.29, 1.82) is 0 Å². The Morgan fingerprint density at radius 3 is 2.57 bits per heavy atom. The van der Waals surface area contributed by atoms with Crippen molar-refractivity contribution in [1.82, 2.24) is 30.3 Å². The van der Waals surface area contributed by atoms with Gasteiger partial charge in [-0.25, -0.2) is 4.98 Å². The van der Waals surface area contributed by atoms with Crippen molar-refractivity contribution in [3.63, 3.8) is 0 Å². The maximum absolute atomic E-state index is 13.2.